The molecule has 0 aromatic carbocycles. The molecule has 0 spiro atoms. The Hall–Kier alpha value is -2.41. The van der Waals surface area contributed by atoms with Crippen LogP contribution in [0, 0.1) is 32.1 Å². The summed E-state index contributed by atoms with van der Waals surface area (Å²) in [6.45, 7) is 6.48. The number of nitriles is 1. The highest BCUT2D eigenvalue weighted by Gasteiger charge is 2.13. The summed E-state index contributed by atoms with van der Waals surface area (Å²) in [4.78, 5) is 11.0. The summed E-state index contributed by atoms with van der Waals surface area (Å²) in [6.07, 6.45) is 0. The fraction of sp³-hybridized carbons (Fsp3) is 0.312. The van der Waals surface area contributed by atoms with Gasteiger partial charge in [0.05, 0.1) is 17.8 Å². The van der Waals surface area contributed by atoms with Crippen molar-refractivity contribution in [3.05, 3.63) is 52.5 Å². The minimum Gasteiger partial charge on any atom is -0.353 e. The van der Waals surface area contributed by atoms with Crippen LogP contribution in [0.2, 0.25) is 0 Å². The lowest BCUT2D eigenvalue weighted by Gasteiger charge is -2.20. The van der Waals surface area contributed by atoms with Crippen molar-refractivity contribution in [2.24, 2.45) is 0 Å². The number of anilines is 1. The molecule has 0 saturated carbocycles. The van der Waals surface area contributed by atoms with E-state index in [1.54, 1.807) is 0 Å². The molecule has 0 N–H and O–H groups in total. The van der Waals surface area contributed by atoms with Gasteiger partial charge in [0.2, 0.25) is 0 Å². The third kappa shape index (κ3) is 2.94. The maximum atomic E-state index is 9.32. The van der Waals surface area contributed by atoms with E-state index in [9.17, 15) is 5.26 Å². The van der Waals surface area contributed by atoms with Crippen LogP contribution in [0.4, 0.5) is 5.82 Å². The van der Waals surface area contributed by atoms with Crippen molar-refractivity contribution >= 4 is 5.82 Å². The van der Waals surface area contributed by atoms with Gasteiger partial charge in [-0.3, -0.25) is 4.98 Å². The molecule has 0 amide bonds. The Bertz CT molecular complexity index is 671. The smallest absolute Gasteiger partial charge is 0.147 e. The maximum absolute atomic E-state index is 9.32. The van der Waals surface area contributed by atoms with E-state index in [4.69, 9.17) is 0 Å². The van der Waals surface area contributed by atoms with Crippen LogP contribution in [0.25, 0.3) is 0 Å². The SMILES string of the molecule is Cc1cccc(CN(C)c2nc(C)cc(C)c2C#N)n1. The summed E-state index contributed by atoms with van der Waals surface area (Å²) >= 11 is 0. The summed E-state index contributed by atoms with van der Waals surface area (Å²) < 4.78 is 0. The molecule has 0 atom stereocenters. The van der Waals surface area contributed by atoms with Crippen LogP contribution in [-0.2, 0) is 6.54 Å². The Labute approximate surface area is 119 Å². The van der Waals surface area contributed by atoms with Gasteiger partial charge in [0.15, 0.2) is 0 Å². The molecule has 102 valence electrons. The standard InChI is InChI=1S/C16H18N4/c1-11-8-13(3)19-16(15(11)9-17)20(4)10-14-7-5-6-12(2)18-14/h5-8H,10H2,1-4H3. The van der Waals surface area contributed by atoms with Crippen LogP contribution < -0.4 is 4.90 Å². The van der Waals surface area contributed by atoms with Crippen LogP contribution in [0.15, 0.2) is 24.3 Å². The van der Waals surface area contributed by atoms with Gasteiger partial charge in [0.25, 0.3) is 0 Å². The molecule has 2 rings (SSSR count). The number of rotatable bonds is 3. The van der Waals surface area contributed by atoms with Crippen molar-refractivity contribution in [2.75, 3.05) is 11.9 Å². The lowest BCUT2D eigenvalue weighted by atomic mass is 10.1. The Balaban J connectivity index is 2.34. The van der Waals surface area contributed by atoms with E-state index in [1.807, 2.05) is 57.0 Å². The number of aryl methyl sites for hydroxylation is 3. The lowest BCUT2D eigenvalue weighted by Crippen LogP contribution is -2.20. The van der Waals surface area contributed by atoms with Crippen LogP contribution in [0.1, 0.15) is 28.2 Å². The van der Waals surface area contributed by atoms with Gasteiger partial charge in [-0.25, -0.2) is 4.98 Å². The molecule has 0 aliphatic carbocycles. The third-order valence-corrected chi connectivity index (χ3v) is 3.14. The van der Waals surface area contributed by atoms with Gasteiger partial charge in [-0.1, -0.05) is 6.07 Å². The first-order valence-electron chi connectivity index (χ1n) is 6.53. The number of hydrogen-bond acceptors (Lipinski definition) is 4. The zero-order chi connectivity index (χ0) is 14.7. The second-order valence-corrected chi connectivity index (χ2v) is 5.02. The summed E-state index contributed by atoms with van der Waals surface area (Å²) in [5.74, 6) is 0.716. The van der Waals surface area contributed by atoms with Gasteiger partial charge in [0.1, 0.15) is 11.9 Å². The molecular formula is C16H18N4. The predicted molar refractivity (Wildman–Crippen MR) is 79.5 cm³/mol. The lowest BCUT2D eigenvalue weighted by molar-refractivity contribution is 0.852. The van der Waals surface area contributed by atoms with E-state index in [1.165, 1.54) is 0 Å². The Morgan fingerprint density at radius 2 is 1.90 bits per heavy atom. The molecule has 0 aliphatic heterocycles. The van der Waals surface area contributed by atoms with Crippen LogP contribution in [0.3, 0.4) is 0 Å². The first kappa shape index (κ1) is 14.0. The molecule has 2 aromatic rings. The minimum atomic E-state index is 0.630. The van der Waals surface area contributed by atoms with E-state index in [2.05, 4.69) is 16.0 Å². The zero-order valence-electron chi connectivity index (χ0n) is 12.3. The Morgan fingerprint density at radius 1 is 1.15 bits per heavy atom. The maximum Gasteiger partial charge on any atom is 0.147 e. The monoisotopic (exact) mass is 266 g/mol. The van der Waals surface area contributed by atoms with E-state index in [-0.39, 0.29) is 0 Å². The molecule has 0 saturated heterocycles. The van der Waals surface area contributed by atoms with Crippen molar-refractivity contribution in [2.45, 2.75) is 27.3 Å². The molecule has 0 aliphatic rings. The van der Waals surface area contributed by atoms with Crippen molar-refractivity contribution in [3.8, 4) is 6.07 Å². The largest absolute Gasteiger partial charge is 0.353 e. The van der Waals surface area contributed by atoms with E-state index in [0.717, 1.165) is 22.6 Å². The third-order valence-electron chi connectivity index (χ3n) is 3.14. The summed E-state index contributed by atoms with van der Waals surface area (Å²) in [7, 11) is 1.94. The zero-order valence-corrected chi connectivity index (χ0v) is 12.3. The van der Waals surface area contributed by atoms with Gasteiger partial charge in [-0.2, -0.15) is 5.26 Å². The molecular weight excluding hydrogens is 248 g/mol. The molecule has 20 heavy (non-hydrogen) atoms. The predicted octanol–water partition coefficient (Wildman–Crippen LogP) is 2.91. The molecule has 0 radical (unpaired) electrons. The molecule has 0 unspecified atom stereocenters. The topological polar surface area (TPSA) is 52.8 Å². The average molecular weight is 266 g/mol. The van der Waals surface area contributed by atoms with Gasteiger partial charge >= 0.3 is 0 Å². The molecule has 4 heteroatoms. The van der Waals surface area contributed by atoms with Gasteiger partial charge in [-0.15, -0.1) is 0 Å². The second-order valence-electron chi connectivity index (χ2n) is 5.02. The summed E-state index contributed by atoms with van der Waals surface area (Å²) in [5.41, 5.74) is 4.47. The first-order chi connectivity index (χ1) is 9.51. The van der Waals surface area contributed by atoms with E-state index < -0.39 is 0 Å². The number of hydrogen-bond donors (Lipinski definition) is 0. The normalized spacial score (nSPS) is 10.2. The number of nitrogens with zero attached hydrogens (tertiary/aromatic N) is 4. The van der Waals surface area contributed by atoms with Crippen LogP contribution in [0.5, 0.6) is 0 Å². The molecule has 2 aromatic heterocycles. The molecule has 4 nitrogen and oxygen atoms in total. The quantitative estimate of drug-likeness (QED) is 0.857. The fourth-order valence-electron chi connectivity index (χ4n) is 2.24. The van der Waals surface area contributed by atoms with Gasteiger partial charge in [0, 0.05) is 18.4 Å². The van der Waals surface area contributed by atoms with Crippen LogP contribution >= 0.6 is 0 Å². The van der Waals surface area contributed by atoms with Crippen molar-refractivity contribution in [1.29, 1.82) is 5.26 Å². The number of aromatic nitrogens is 2. The Morgan fingerprint density at radius 3 is 2.55 bits per heavy atom. The van der Waals surface area contributed by atoms with E-state index >= 15 is 0 Å². The van der Waals surface area contributed by atoms with Crippen molar-refractivity contribution < 1.29 is 0 Å². The highest BCUT2D eigenvalue weighted by molar-refractivity contribution is 5.57. The summed E-state index contributed by atoms with van der Waals surface area (Å²) in [5, 5.41) is 9.32. The molecule has 0 fully saturated rings. The number of pyridine rings is 2. The molecule has 0 bridgehead atoms. The van der Waals surface area contributed by atoms with Crippen molar-refractivity contribution in [3.63, 3.8) is 0 Å². The van der Waals surface area contributed by atoms with Gasteiger partial charge in [-0.05, 0) is 44.5 Å². The Kier molecular flexibility index (Phi) is 3.99. The highest BCUT2D eigenvalue weighted by atomic mass is 15.2. The van der Waals surface area contributed by atoms with E-state index in [0.29, 0.717) is 17.9 Å². The minimum absolute atomic E-state index is 0.630. The average Bonchev–Trinajstić information content (AvgIpc) is 2.37. The summed E-state index contributed by atoms with van der Waals surface area (Å²) in [6, 6.07) is 10.1. The second kappa shape index (κ2) is 5.70. The first-order valence-corrected chi connectivity index (χ1v) is 6.53. The fourth-order valence-corrected chi connectivity index (χ4v) is 2.24. The van der Waals surface area contributed by atoms with Crippen LogP contribution in [-0.4, -0.2) is 17.0 Å². The van der Waals surface area contributed by atoms with Crippen molar-refractivity contribution in [1.82, 2.24) is 9.97 Å². The van der Waals surface area contributed by atoms with Gasteiger partial charge < -0.3 is 4.90 Å². The molecule has 2 heterocycles. The highest BCUT2D eigenvalue weighted by Crippen LogP contribution is 2.21.